The van der Waals surface area contributed by atoms with Gasteiger partial charge in [-0.25, -0.2) is 13.1 Å². The fourth-order valence-electron chi connectivity index (χ4n) is 3.33. The molecular formula is C17H28ClN3O3S. The van der Waals surface area contributed by atoms with Crippen LogP contribution >= 0.6 is 12.4 Å². The lowest BCUT2D eigenvalue weighted by Gasteiger charge is -2.42. The molecule has 25 heavy (non-hydrogen) atoms. The summed E-state index contributed by atoms with van der Waals surface area (Å²) in [6.45, 7) is 5.54. The van der Waals surface area contributed by atoms with Gasteiger partial charge >= 0.3 is 0 Å². The number of amides is 1. The Kier molecular flexibility index (Phi) is 7.43. The minimum absolute atomic E-state index is 0. The van der Waals surface area contributed by atoms with Crippen molar-refractivity contribution < 1.29 is 13.2 Å². The molecule has 0 aromatic heterocycles. The fraction of sp³-hybridized carbons (Fsp3) is 0.588. The molecule has 0 spiro atoms. The standard InChI is InChI=1S/C17H27N3O3S.ClH/c1-12-7-8-15(10-16(12)19-14(3)21)24(22,23)20-17(11-18)9-5-4-6-13(17)2;/h7-8,10,13,20H,4-6,9,11,18H2,1-3H3,(H,19,21);1H. The quantitative estimate of drug-likeness (QED) is 0.720. The van der Waals surface area contributed by atoms with Crippen LogP contribution < -0.4 is 15.8 Å². The normalized spacial score (nSPS) is 23.6. The van der Waals surface area contributed by atoms with Crippen LogP contribution in [-0.4, -0.2) is 26.4 Å². The van der Waals surface area contributed by atoms with E-state index < -0.39 is 15.6 Å². The number of aryl methyl sites for hydroxylation is 1. The number of nitrogens with two attached hydrogens (primary N) is 1. The van der Waals surface area contributed by atoms with Gasteiger partial charge in [0, 0.05) is 24.7 Å². The monoisotopic (exact) mass is 389 g/mol. The number of sulfonamides is 1. The molecule has 0 bridgehead atoms. The molecule has 1 saturated carbocycles. The SMILES string of the molecule is CC(=O)Nc1cc(S(=O)(=O)NC2(CN)CCCCC2C)ccc1C.Cl. The van der Waals surface area contributed by atoms with E-state index >= 15 is 0 Å². The largest absolute Gasteiger partial charge is 0.329 e. The van der Waals surface area contributed by atoms with E-state index in [1.807, 2.05) is 13.8 Å². The van der Waals surface area contributed by atoms with E-state index in [1.165, 1.54) is 13.0 Å². The van der Waals surface area contributed by atoms with E-state index in [0.29, 0.717) is 5.69 Å². The molecule has 1 fully saturated rings. The Morgan fingerprint density at radius 3 is 2.60 bits per heavy atom. The predicted octanol–water partition coefficient (Wildman–Crippen LogP) is 2.56. The zero-order valence-electron chi connectivity index (χ0n) is 15.0. The maximum atomic E-state index is 12.9. The van der Waals surface area contributed by atoms with E-state index in [0.717, 1.165) is 31.2 Å². The van der Waals surface area contributed by atoms with Crippen molar-refractivity contribution in [3.05, 3.63) is 23.8 Å². The lowest BCUT2D eigenvalue weighted by molar-refractivity contribution is -0.114. The first-order valence-corrected chi connectivity index (χ1v) is 9.81. The van der Waals surface area contributed by atoms with Crippen LogP contribution in [0.15, 0.2) is 23.1 Å². The van der Waals surface area contributed by atoms with E-state index in [-0.39, 0.29) is 35.7 Å². The van der Waals surface area contributed by atoms with Crippen molar-refractivity contribution in [2.45, 2.75) is 56.9 Å². The molecule has 1 aliphatic carbocycles. The number of nitrogens with one attached hydrogen (secondary N) is 2. The third-order valence-corrected chi connectivity index (χ3v) is 6.54. The third kappa shape index (κ3) is 4.94. The minimum atomic E-state index is -3.72. The number of halogens is 1. The van der Waals surface area contributed by atoms with Crippen LogP contribution in [0.3, 0.4) is 0 Å². The van der Waals surface area contributed by atoms with E-state index in [9.17, 15) is 13.2 Å². The second-order valence-corrected chi connectivity index (χ2v) is 8.45. The van der Waals surface area contributed by atoms with Gasteiger partial charge in [-0.15, -0.1) is 12.4 Å². The Balaban J connectivity index is 0.00000312. The number of anilines is 1. The van der Waals surface area contributed by atoms with Gasteiger partial charge in [-0.1, -0.05) is 25.8 Å². The van der Waals surface area contributed by atoms with Gasteiger partial charge in [-0.05, 0) is 43.4 Å². The number of carbonyl (C=O) groups is 1. The zero-order chi connectivity index (χ0) is 18.0. The molecule has 0 heterocycles. The molecule has 2 rings (SSSR count). The van der Waals surface area contributed by atoms with Crippen molar-refractivity contribution >= 4 is 34.0 Å². The predicted molar refractivity (Wildman–Crippen MR) is 102 cm³/mol. The molecule has 1 aromatic rings. The molecular weight excluding hydrogens is 362 g/mol. The van der Waals surface area contributed by atoms with Crippen LogP contribution in [0, 0.1) is 12.8 Å². The van der Waals surface area contributed by atoms with Gasteiger partial charge in [0.15, 0.2) is 0 Å². The Bertz CT molecular complexity index is 724. The molecule has 6 nitrogen and oxygen atoms in total. The molecule has 1 aromatic carbocycles. The smallest absolute Gasteiger partial charge is 0.241 e. The first kappa shape index (κ1) is 21.9. The van der Waals surface area contributed by atoms with Gasteiger partial charge in [0.25, 0.3) is 0 Å². The molecule has 2 atom stereocenters. The number of hydrogen-bond acceptors (Lipinski definition) is 4. The summed E-state index contributed by atoms with van der Waals surface area (Å²) in [5.74, 6) is -0.0498. The maximum absolute atomic E-state index is 12.9. The molecule has 4 N–H and O–H groups in total. The lowest BCUT2D eigenvalue weighted by Crippen LogP contribution is -2.58. The Labute approximate surface area is 156 Å². The van der Waals surface area contributed by atoms with Crippen LogP contribution in [0.4, 0.5) is 5.69 Å². The lowest BCUT2D eigenvalue weighted by atomic mass is 9.74. The van der Waals surface area contributed by atoms with Crippen molar-refractivity contribution in [3.63, 3.8) is 0 Å². The van der Waals surface area contributed by atoms with Crippen molar-refractivity contribution in [2.75, 3.05) is 11.9 Å². The van der Waals surface area contributed by atoms with Crippen molar-refractivity contribution in [1.29, 1.82) is 0 Å². The minimum Gasteiger partial charge on any atom is -0.329 e. The summed E-state index contributed by atoms with van der Waals surface area (Å²) in [4.78, 5) is 11.4. The zero-order valence-corrected chi connectivity index (χ0v) is 16.6. The molecule has 142 valence electrons. The number of carbonyl (C=O) groups excluding carboxylic acids is 1. The molecule has 0 radical (unpaired) electrons. The highest BCUT2D eigenvalue weighted by molar-refractivity contribution is 7.89. The highest BCUT2D eigenvalue weighted by Gasteiger charge is 2.40. The molecule has 8 heteroatoms. The summed E-state index contributed by atoms with van der Waals surface area (Å²) in [5, 5.41) is 2.67. The van der Waals surface area contributed by atoms with Gasteiger partial charge in [-0.3, -0.25) is 4.79 Å². The topological polar surface area (TPSA) is 101 Å². The van der Waals surface area contributed by atoms with Crippen molar-refractivity contribution in [2.24, 2.45) is 11.7 Å². The summed E-state index contributed by atoms with van der Waals surface area (Å²) in [6, 6.07) is 4.75. The van der Waals surface area contributed by atoms with E-state index in [4.69, 9.17) is 5.73 Å². The van der Waals surface area contributed by atoms with Crippen LogP contribution in [0.25, 0.3) is 0 Å². The summed E-state index contributed by atoms with van der Waals surface area (Å²) >= 11 is 0. The van der Waals surface area contributed by atoms with Gasteiger partial charge in [0.1, 0.15) is 0 Å². The summed E-state index contributed by atoms with van der Waals surface area (Å²) < 4.78 is 28.6. The Morgan fingerprint density at radius 1 is 1.36 bits per heavy atom. The van der Waals surface area contributed by atoms with Gasteiger partial charge < -0.3 is 11.1 Å². The van der Waals surface area contributed by atoms with Crippen LogP contribution in [0.1, 0.15) is 45.1 Å². The fourth-order valence-corrected chi connectivity index (χ4v) is 4.89. The molecule has 0 saturated heterocycles. The van der Waals surface area contributed by atoms with E-state index in [1.54, 1.807) is 12.1 Å². The molecule has 0 aliphatic heterocycles. The average molecular weight is 390 g/mol. The summed E-state index contributed by atoms with van der Waals surface area (Å²) in [7, 11) is -3.72. The number of rotatable bonds is 5. The van der Waals surface area contributed by atoms with Crippen LogP contribution in [0.5, 0.6) is 0 Å². The number of benzene rings is 1. The number of hydrogen-bond donors (Lipinski definition) is 3. The highest BCUT2D eigenvalue weighted by atomic mass is 35.5. The van der Waals surface area contributed by atoms with Crippen LogP contribution in [-0.2, 0) is 14.8 Å². The Hall–Kier alpha value is -1.15. The first-order valence-electron chi connectivity index (χ1n) is 8.32. The third-order valence-electron chi connectivity index (χ3n) is 4.99. The Morgan fingerprint density at radius 2 is 2.04 bits per heavy atom. The molecule has 1 amide bonds. The summed E-state index contributed by atoms with van der Waals surface area (Å²) in [6.07, 6.45) is 3.77. The van der Waals surface area contributed by atoms with E-state index in [2.05, 4.69) is 10.0 Å². The maximum Gasteiger partial charge on any atom is 0.241 e. The average Bonchev–Trinajstić information content (AvgIpc) is 2.51. The van der Waals surface area contributed by atoms with Crippen molar-refractivity contribution in [3.8, 4) is 0 Å². The second kappa shape index (κ2) is 8.49. The van der Waals surface area contributed by atoms with Crippen LogP contribution in [0.2, 0.25) is 0 Å². The van der Waals surface area contributed by atoms with Gasteiger partial charge in [0.05, 0.1) is 4.90 Å². The van der Waals surface area contributed by atoms with Crippen molar-refractivity contribution in [1.82, 2.24) is 4.72 Å². The van der Waals surface area contributed by atoms with Gasteiger partial charge in [-0.2, -0.15) is 0 Å². The molecule has 2 unspecified atom stereocenters. The second-order valence-electron chi connectivity index (χ2n) is 6.77. The first-order chi connectivity index (χ1) is 11.2. The molecule has 1 aliphatic rings. The van der Waals surface area contributed by atoms with Gasteiger partial charge in [0.2, 0.25) is 15.9 Å². The highest BCUT2D eigenvalue weighted by Crippen LogP contribution is 2.34. The summed E-state index contributed by atoms with van der Waals surface area (Å²) in [5.41, 5.74) is 6.66.